The Morgan fingerprint density at radius 2 is 2.38 bits per heavy atom. The van der Waals surface area contributed by atoms with E-state index in [1.54, 1.807) is 6.20 Å². The molecule has 0 bridgehead atoms. The highest BCUT2D eigenvalue weighted by molar-refractivity contribution is 5.10. The van der Waals surface area contributed by atoms with Gasteiger partial charge in [-0.15, -0.1) is 0 Å². The summed E-state index contributed by atoms with van der Waals surface area (Å²) in [5, 5.41) is 3.51. The summed E-state index contributed by atoms with van der Waals surface area (Å²) in [5.74, 6) is 0.616. The van der Waals surface area contributed by atoms with Crippen molar-refractivity contribution < 1.29 is 9.26 Å². The molecule has 0 unspecified atom stereocenters. The zero-order chi connectivity index (χ0) is 8.93. The van der Waals surface area contributed by atoms with Gasteiger partial charge >= 0.3 is 0 Å². The number of nitrogens with zero attached hydrogens (tertiary/aromatic N) is 2. The lowest BCUT2D eigenvalue weighted by Crippen LogP contribution is -1.96. The Hall–Kier alpha value is -1.84. The van der Waals surface area contributed by atoms with Crippen LogP contribution in [-0.4, -0.2) is 10.1 Å². The SMILES string of the molecule is c1ccc(COc2cnoc2)nc1. The predicted octanol–water partition coefficient (Wildman–Crippen LogP) is 1.65. The van der Waals surface area contributed by atoms with E-state index < -0.39 is 0 Å². The smallest absolute Gasteiger partial charge is 0.179 e. The second-order valence-corrected chi connectivity index (χ2v) is 2.47. The third kappa shape index (κ3) is 2.05. The van der Waals surface area contributed by atoms with E-state index in [1.165, 1.54) is 12.5 Å². The van der Waals surface area contributed by atoms with E-state index in [9.17, 15) is 0 Å². The summed E-state index contributed by atoms with van der Waals surface area (Å²) in [5.41, 5.74) is 0.878. The first-order chi connectivity index (χ1) is 6.45. The number of rotatable bonds is 3. The Kier molecular flexibility index (Phi) is 2.22. The van der Waals surface area contributed by atoms with Crippen molar-refractivity contribution in [2.75, 3.05) is 0 Å². The summed E-state index contributed by atoms with van der Waals surface area (Å²) in [4.78, 5) is 4.10. The topological polar surface area (TPSA) is 48.2 Å². The van der Waals surface area contributed by atoms with Gasteiger partial charge in [-0.25, -0.2) is 0 Å². The molecule has 0 spiro atoms. The minimum absolute atomic E-state index is 0.433. The van der Waals surface area contributed by atoms with E-state index >= 15 is 0 Å². The first-order valence-electron chi connectivity index (χ1n) is 3.87. The van der Waals surface area contributed by atoms with Gasteiger partial charge in [0.25, 0.3) is 0 Å². The number of hydrogen-bond donors (Lipinski definition) is 0. The van der Waals surface area contributed by atoms with Crippen molar-refractivity contribution in [2.45, 2.75) is 6.61 Å². The summed E-state index contributed by atoms with van der Waals surface area (Å²) < 4.78 is 9.92. The van der Waals surface area contributed by atoms with Gasteiger partial charge in [-0.1, -0.05) is 11.2 Å². The fourth-order valence-electron chi connectivity index (χ4n) is 0.907. The second kappa shape index (κ2) is 3.71. The van der Waals surface area contributed by atoms with Crippen LogP contribution in [0.5, 0.6) is 5.75 Å². The van der Waals surface area contributed by atoms with Crippen molar-refractivity contribution in [3.05, 3.63) is 42.5 Å². The molecule has 0 aliphatic carbocycles. The molecule has 0 aliphatic heterocycles. The molecule has 0 fully saturated rings. The van der Waals surface area contributed by atoms with Crippen LogP contribution in [0.4, 0.5) is 0 Å². The molecule has 4 heteroatoms. The molecule has 0 aliphatic rings. The first-order valence-corrected chi connectivity index (χ1v) is 3.87. The lowest BCUT2D eigenvalue weighted by Gasteiger charge is -2.00. The molecule has 0 saturated heterocycles. The third-order valence-electron chi connectivity index (χ3n) is 1.52. The highest BCUT2D eigenvalue weighted by atomic mass is 16.5. The lowest BCUT2D eigenvalue weighted by atomic mass is 10.4. The summed E-state index contributed by atoms with van der Waals surface area (Å²) in [6, 6.07) is 5.68. The van der Waals surface area contributed by atoms with Gasteiger partial charge in [-0.3, -0.25) is 4.98 Å². The minimum Gasteiger partial charge on any atom is -0.482 e. The lowest BCUT2D eigenvalue weighted by molar-refractivity contribution is 0.297. The monoisotopic (exact) mass is 176 g/mol. The van der Waals surface area contributed by atoms with Crippen molar-refractivity contribution in [1.82, 2.24) is 10.1 Å². The molecule has 66 valence electrons. The fraction of sp³-hybridized carbons (Fsp3) is 0.111. The maximum Gasteiger partial charge on any atom is 0.179 e. The Morgan fingerprint density at radius 1 is 1.38 bits per heavy atom. The minimum atomic E-state index is 0.433. The van der Waals surface area contributed by atoms with Crippen LogP contribution < -0.4 is 4.74 Å². The molecule has 2 heterocycles. The van der Waals surface area contributed by atoms with Gasteiger partial charge in [0.05, 0.1) is 5.69 Å². The quantitative estimate of drug-likeness (QED) is 0.713. The summed E-state index contributed by atoms with van der Waals surface area (Å²) in [7, 11) is 0. The molecular formula is C9H8N2O2. The zero-order valence-electron chi connectivity index (χ0n) is 6.88. The van der Waals surface area contributed by atoms with Gasteiger partial charge in [-0.05, 0) is 12.1 Å². The fourth-order valence-corrected chi connectivity index (χ4v) is 0.907. The zero-order valence-corrected chi connectivity index (χ0v) is 6.88. The molecule has 0 atom stereocenters. The van der Waals surface area contributed by atoms with E-state index in [4.69, 9.17) is 4.74 Å². The number of hydrogen-bond acceptors (Lipinski definition) is 4. The number of ether oxygens (including phenoxy) is 1. The van der Waals surface area contributed by atoms with Crippen LogP contribution in [0.1, 0.15) is 5.69 Å². The Labute approximate surface area is 75.2 Å². The van der Waals surface area contributed by atoms with Gasteiger partial charge < -0.3 is 9.26 Å². The second-order valence-electron chi connectivity index (χ2n) is 2.47. The van der Waals surface area contributed by atoms with Gasteiger partial charge in [0.2, 0.25) is 0 Å². The average molecular weight is 176 g/mol. The molecule has 0 aromatic carbocycles. The van der Waals surface area contributed by atoms with Crippen LogP contribution in [0.25, 0.3) is 0 Å². The van der Waals surface area contributed by atoms with Gasteiger partial charge in [0.1, 0.15) is 12.8 Å². The summed E-state index contributed by atoms with van der Waals surface area (Å²) >= 11 is 0. The van der Waals surface area contributed by atoms with Gasteiger partial charge in [0.15, 0.2) is 12.0 Å². The number of aromatic nitrogens is 2. The van der Waals surface area contributed by atoms with E-state index in [0.29, 0.717) is 12.4 Å². The molecular weight excluding hydrogens is 168 g/mol. The predicted molar refractivity (Wildman–Crippen MR) is 45.1 cm³/mol. The molecule has 2 aromatic rings. The third-order valence-corrected chi connectivity index (χ3v) is 1.52. The summed E-state index contributed by atoms with van der Waals surface area (Å²) in [6.45, 7) is 0.433. The normalized spacial score (nSPS) is 9.85. The molecule has 0 N–H and O–H groups in total. The van der Waals surface area contributed by atoms with E-state index in [1.807, 2.05) is 18.2 Å². The average Bonchev–Trinajstić information content (AvgIpc) is 2.69. The van der Waals surface area contributed by atoms with Crippen LogP contribution in [0.3, 0.4) is 0 Å². The standard InChI is InChI=1S/C9H8N2O2/c1-2-4-10-8(3-1)6-12-9-5-11-13-7-9/h1-5,7H,6H2. The molecule has 2 rings (SSSR count). The van der Waals surface area contributed by atoms with Crippen molar-refractivity contribution in [3.8, 4) is 5.75 Å². The largest absolute Gasteiger partial charge is 0.482 e. The maximum atomic E-state index is 5.31. The first kappa shape index (κ1) is 7.79. The molecule has 0 radical (unpaired) electrons. The van der Waals surface area contributed by atoms with Crippen LogP contribution in [0.2, 0.25) is 0 Å². The number of pyridine rings is 1. The van der Waals surface area contributed by atoms with E-state index in [0.717, 1.165) is 5.69 Å². The summed E-state index contributed by atoms with van der Waals surface area (Å²) in [6.07, 6.45) is 4.69. The van der Waals surface area contributed by atoms with E-state index in [-0.39, 0.29) is 0 Å². The molecule has 4 nitrogen and oxygen atoms in total. The van der Waals surface area contributed by atoms with Crippen molar-refractivity contribution in [1.29, 1.82) is 0 Å². The highest BCUT2D eigenvalue weighted by Gasteiger charge is 1.97. The van der Waals surface area contributed by atoms with Crippen LogP contribution in [-0.2, 0) is 6.61 Å². The van der Waals surface area contributed by atoms with Crippen molar-refractivity contribution in [2.24, 2.45) is 0 Å². The van der Waals surface area contributed by atoms with Crippen molar-refractivity contribution >= 4 is 0 Å². The molecule has 2 aromatic heterocycles. The van der Waals surface area contributed by atoms with Crippen LogP contribution in [0.15, 0.2) is 41.4 Å². The molecule has 0 amide bonds. The van der Waals surface area contributed by atoms with Crippen LogP contribution >= 0.6 is 0 Å². The van der Waals surface area contributed by atoms with Gasteiger partial charge in [0, 0.05) is 6.20 Å². The van der Waals surface area contributed by atoms with Crippen molar-refractivity contribution in [3.63, 3.8) is 0 Å². The maximum absolute atomic E-state index is 5.31. The Bertz CT molecular complexity index is 345. The Balaban J connectivity index is 1.94. The van der Waals surface area contributed by atoms with Gasteiger partial charge in [-0.2, -0.15) is 0 Å². The van der Waals surface area contributed by atoms with E-state index in [2.05, 4.69) is 14.7 Å². The highest BCUT2D eigenvalue weighted by Crippen LogP contribution is 2.09. The molecule has 13 heavy (non-hydrogen) atoms. The molecule has 0 saturated carbocycles. The Morgan fingerprint density at radius 3 is 3.08 bits per heavy atom. The van der Waals surface area contributed by atoms with Crippen LogP contribution in [0, 0.1) is 0 Å².